The van der Waals surface area contributed by atoms with E-state index >= 15 is 0 Å². The number of hydrogen-bond acceptors (Lipinski definition) is 4. The average molecular weight is 278 g/mol. The second-order valence-corrected chi connectivity index (χ2v) is 4.35. The van der Waals surface area contributed by atoms with Crippen LogP contribution < -0.4 is 15.1 Å². The highest BCUT2D eigenvalue weighted by Gasteiger charge is 2.22. The van der Waals surface area contributed by atoms with Crippen molar-refractivity contribution in [3.8, 4) is 11.6 Å². The summed E-state index contributed by atoms with van der Waals surface area (Å²) >= 11 is 5.11. The van der Waals surface area contributed by atoms with Gasteiger partial charge in [0, 0.05) is 26.2 Å². The summed E-state index contributed by atoms with van der Waals surface area (Å²) in [5.74, 6) is -0.463. The predicted octanol–water partition coefficient (Wildman–Crippen LogP) is -0.0390. The number of nitrogens with zero attached hydrogens (tertiary/aromatic N) is 3. The maximum absolute atomic E-state index is 11.7. The van der Waals surface area contributed by atoms with Gasteiger partial charge < -0.3 is 19.8 Å². The molecule has 0 saturated carbocycles. The Morgan fingerprint density at radius 1 is 1.47 bits per heavy atom. The lowest BCUT2D eigenvalue weighted by atomic mass is 10.3. The van der Waals surface area contributed by atoms with Crippen molar-refractivity contribution in [1.82, 2.24) is 15.5 Å². The Kier molecular flexibility index (Phi) is 3.96. The quantitative estimate of drug-likeness (QED) is 0.628. The van der Waals surface area contributed by atoms with Gasteiger partial charge in [0.1, 0.15) is 6.54 Å². The highest BCUT2D eigenvalue weighted by molar-refractivity contribution is 7.80. The standard InChI is InChI=1S/C12H14N4O2S/c1-13-12(19)15(2)8-10-11(17)18-14-16(10)9-6-4-3-5-7-9/h3-7H,8H2,1-2H3,(H-,13,14,17,19). The molecular weight excluding hydrogens is 264 g/mol. The molecule has 0 atom stereocenters. The van der Waals surface area contributed by atoms with Crippen LogP contribution >= 0.6 is 12.2 Å². The van der Waals surface area contributed by atoms with Crippen molar-refractivity contribution in [3.05, 3.63) is 36.0 Å². The molecule has 2 aromatic rings. The molecule has 0 saturated heterocycles. The summed E-state index contributed by atoms with van der Waals surface area (Å²) in [6, 6.07) is 9.33. The van der Waals surface area contributed by atoms with Crippen molar-refractivity contribution in [3.63, 3.8) is 0 Å². The molecule has 0 aliphatic rings. The molecule has 1 N–H and O–H groups in total. The van der Waals surface area contributed by atoms with E-state index < -0.39 is 5.95 Å². The van der Waals surface area contributed by atoms with Gasteiger partial charge in [0.2, 0.25) is 5.69 Å². The summed E-state index contributed by atoms with van der Waals surface area (Å²) in [7, 11) is 3.52. The molecule has 6 nitrogen and oxygen atoms in total. The van der Waals surface area contributed by atoms with E-state index in [0.717, 1.165) is 5.69 Å². The van der Waals surface area contributed by atoms with E-state index in [1.54, 1.807) is 19.0 Å². The number of nitrogens with one attached hydrogen (secondary N) is 1. The lowest BCUT2D eigenvalue weighted by Gasteiger charge is -2.17. The molecule has 1 aromatic heterocycles. The first-order valence-corrected chi connectivity index (χ1v) is 6.10. The zero-order valence-electron chi connectivity index (χ0n) is 10.7. The molecule has 0 radical (unpaired) electrons. The van der Waals surface area contributed by atoms with Crippen LogP contribution in [0.5, 0.6) is 5.95 Å². The van der Waals surface area contributed by atoms with E-state index in [0.29, 0.717) is 17.4 Å². The number of para-hydroxylation sites is 1. The van der Waals surface area contributed by atoms with E-state index in [-0.39, 0.29) is 0 Å². The summed E-state index contributed by atoms with van der Waals surface area (Å²) in [6.45, 7) is 0.316. The Labute approximate surface area is 116 Å². The number of benzene rings is 1. The lowest BCUT2D eigenvalue weighted by molar-refractivity contribution is -0.678. The van der Waals surface area contributed by atoms with Crippen molar-refractivity contribution in [2.24, 2.45) is 0 Å². The molecule has 7 heteroatoms. The summed E-state index contributed by atoms with van der Waals surface area (Å²) in [5.41, 5.74) is 1.19. The molecule has 0 amide bonds. The van der Waals surface area contributed by atoms with Gasteiger partial charge in [-0.05, 0) is 16.9 Å². The molecular formula is C12H14N4O2S. The second-order valence-electron chi connectivity index (χ2n) is 3.97. The molecule has 2 rings (SSSR count). The van der Waals surface area contributed by atoms with Gasteiger partial charge in [0.25, 0.3) is 5.69 Å². The van der Waals surface area contributed by atoms with Crippen molar-refractivity contribution in [2.45, 2.75) is 6.54 Å². The number of rotatable bonds is 3. The minimum atomic E-state index is -0.463. The molecule has 19 heavy (non-hydrogen) atoms. The third-order valence-corrected chi connectivity index (χ3v) is 3.16. The normalized spacial score (nSPS) is 10.2. The van der Waals surface area contributed by atoms with Crippen LogP contribution in [0.2, 0.25) is 0 Å². The Hall–Kier alpha value is -2.15. The zero-order chi connectivity index (χ0) is 13.8. The fourth-order valence-electron chi connectivity index (χ4n) is 1.66. The molecule has 0 spiro atoms. The van der Waals surface area contributed by atoms with Crippen LogP contribution in [0.1, 0.15) is 5.69 Å². The van der Waals surface area contributed by atoms with Crippen LogP contribution in [-0.2, 0) is 6.54 Å². The summed E-state index contributed by atoms with van der Waals surface area (Å²) in [6.07, 6.45) is 0. The Bertz CT molecular complexity index is 570. The summed E-state index contributed by atoms with van der Waals surface area (Å²) < 4.78 is 6.21. The monoisotopic (exact) mass is 278 g/mol. The maximum atomic E-state index is 11.7. The first kappa shape index (κ1) is 13.3. The number of aromatic nitrogens is 2. The number of hydrogen-bond donors (Lipinski definition) is 1. The average Bonchev–Trinajstić information content (AvgIpc) is 2.80. The molecule has 0 fully saturated rings. The van der Waals surface area contributed by atoms with Crippen LogP contribution in [0.3, 0.4) is 0 Å². The van der Waals surface area contributed by atoms with Crippen LogP contribution in [0.25, 0.3) is 5.69 Å². The topological polar surface area (TPSA) is 68.2 Å². The minimum Gasteiger partial charge on any atom is -0.539 e. The predicted molar refractivity (Wildman–Crippen MR) is 70.6 cm³/mol. The smallest absolute Gasteiger partial charge is 0.259 e. The number of thiocarbonyl (C=S) groups is 1. The highest BCUT2D eigenvalue weighted by atomic mass is 32.1. The molecule has 0 unspecified atom stereocenters. The van der Waals surface area contributed by atoms with E-state index in [1.807, 2.05) is 30.3 Å². The maximum Gasteiger partial charge on any atom is 0.259 e. The van der Waals surface area contributed by atoms with Gasteiger partial charge in [0.15, 0.2) is 11.1 Å². The highest BCUT2D eigenvalue weighted by Crippen LogP contribution is 2.12. The van der Waals surface area contributed by atoms with E-state index in [2.05, 4.69) is 10.6 Å². The van der Waals surface area contributed by atoms with Crippen LogP contribution in [-0.4, -0.2) is 29.4 Å². The lowest BCUT2D eigenvalue weighted by Crippen LogP contribution is -2.42. The Balaban J connectivity index is 2.31. The third-order valence-electron chi connectivity index (χ3n) is 2.64. The van der Waals surface area contributed by atoms with Crippen molar-refractivity contribution < 1.29 is 14.3 Å². The molecule has 1 heterocycles. The second kappa shape index (κ2) is 5.66. The van der Waals surface area contributed by atoms with Gasteiger partial charge in [0.05, 0.1) is 5.27 Å². The van der Waals surface area contributed by atoms with E-state index in [9.17, 15) is 5.11 Å². The molecule has 0 bridgehead atoms. The first-order valence-electron chi connectivity index (χ1n) is 5.69. The first-order chi connectivity index (χ1) is 9.13. The van der Waals surface area contributed by atoms with Crippen LogP contribution in [0, 0.1) is 0 Å². The van der Waals surface area contributed by atoms with E-state index in [1.165, 1.54) is 4.68 Å². The van der Waals surface area contributed by atoms with Gasteiger partial charge in [-0.25, -0.2) is 0 Å². The molecule has 100 valence electrons. The molecule has 0 aliphatic carbocycles. The molecule has 0 aliphatic heterocycles. The largest absolute Gasteiger partial charge is 0.539 e. The molecule has 1 aromatic carbocycles. The van der Waals surface area contributed by atoms with Gasteiger partial charge in [-0.2, -0.15) is 0 Å². The fourth-order valence-corrected chi connectivity index (χ4v) is 1.72. The Morgan fingerprint density at radius 2 is 2.16 bits per heavy atom. The van der Waals surface area contributed by atoms with Crippen molar-refractivity contribution in [1.29, 1.82) is 0 Å². The fraction of sp³-hybridized carbons (Fsp3) is 0.250. The van der Waals surface area contributed by atoms with Crippen LogP contribution in [0.15, 0.2) is 34.9 Å². The summed E-state index contributed by atoms with van der Waals surface area (Å²) in [5, 5.41) is 18.9. The van der Waals surface area contributed by atoms with Crippen molar-refractivity contribution in [2.75, 3.05) is 14.1 Å². The zero-order valence-corrected chi connectivity index (χ0v) is 11.5. The summed E-state index contributed by atoms with van der Waals surface area (Å²) in [4.78, 5) is 1.74. The Morgan fingerprint density at radius 3 is 2.79 bits per heavy atom. The van der Waals surface area contributed by atoms with Gasteiger partial charge >= 0.3 is 0 Å². The van der Waals surface area contributed by atoms with Crippen molar-refractivity contribution >= 4 is 17.3 Å². The SMILES string of the molecule is CNC(=S)N(C)Cc1c([O-])on[n+]1-c1ccccc1. The van der Waals surface area contributed by atoms with Crippen LogP contribution in [0.4, 0.5) is 0 Å². The van der Waals surface area contributed by atoms with Gasteiger partial charge in [-0.1, -0.05) is 18.2 Å². The van der Waals surface area contributed by atoms with E-state index in [4.69, 9.17) is 16.7 Å². The minimum absolute atomic E-state index is 0.316. The third kappa shape index (κ3) is 2.82. The van der Waals surface area contributed by atoms with Gasteiger partial charge in [-0.3, -0.25) is 0 Å². The van der Waals surface area contributed by atoms with Gasteiger partial charge in [-0.15, -0.1) is 0 Å².